The lowest BCUT2D eigenvalue weighted by Gasteiger charge is -2.15. The van der Waals surface area contributed by atoms with Crippen molar-refractivity contribution in [1.29, 1.82) is 0 Å². The molecule has 0 saturated heterocycles. The molecule has 1 amide bonds. The summed E-state index contributed by atoms with van der Waals surface area (Å²) in [5.41, 5.74) is 2.50. The summed E-state index contributed by atoms with van der Waals surface area (Å²) < 4.78 is 6.27. The van der Waals surface area contributed by atoms with Crippen molar-refractivity contribution in [3.05, 3.63) is 97.8 Å². The summed E-state index contributed by atoms with van der Waals surface area (Å²) in [6, 6.07) is 17.2. The Balaban J connectivity index is 1.87. The largest absolute Gasteiger partial charge is 0.497 e. The zero-order chi connectivity index (χ0) is 22.8. The number of carbonyl (C=O) groups is 1. The molecule has 9 nitrogen and oxygen atoms in total. The minimum absolute atomic E-state index is 0.0437. The van der Waals surface area contributed by atoms with Gasteiger partial charge >= 0.3 is 0 Å². The average molecular weight is 451 g/mol. The highest BCUT2D eigenvalue weighted by Crippen LogP contribution is 2.26. The summed E-state index contributed by atoms with van der Waals surface area (Å²) >= 11 is 5.83. The van der Waals surface area contributed by atoms with Gasteiger partial charge in [0, 0.05) is 17.2 Å². The maximum atomic E-state index is 13.2. The van der Waals surface area contributed by atoms with Gasteiger partial charge in [0.1, 0.15) is 10.8 Å². The maximum absolute atomic E-state index is 13.2. The van der Waals surface area contributed by atoms with E-state index in [2.05, 4.69) is 10.4 Å². The van der Waals surface area contributed by atoms with Crippen LogP contribution in [0.5, 0.6) is 5.75 Å². The molecule has 0 aliphatic heterocycles. The van der Waals surface area contributed by atoms with Crippen molar-refractivity contribution in [2.75, 3.05) is 12.5 Å². The predicted molar refractivity (Wildman–Crippen MR) is 120 cm³/mol. The van der Waals surface area contributed by atoms with Gasteiger partial charge < -0.3 is 4.74 Å². The Labute approximate surface area is 186 Å². The van der Waals surface area contributed by atoms with E-state index in [-0.39, 0.29) is 16.4 Å². The number of nitro benzene ring substituents is 1. The maximum Gasteiger partial charge on any atom is 0.288 e. The number of carbonyl (C=O) groups excluding carboxylic acids is 1. The van der Waals surface area contributed by atoms with E-state index in [4.69, 9.17) is 16.3 Å². The molecule has 0 radical (unpaired) electrons. The zero-order valence-corrected chi connectivity index (χ0v) is 17.4. The number of fused-ring (bicyclic) bond motifs is 1. The quantitative estimate of drug-likeness (QED) is 0.362. The molecule has 0 aliphatic carbocycles. The first-order valence-electron chi connectivity index (χ1n) is 9.30. The number of ether oxygens (including phenoxy) is 1. The van der Waals surface area contributed by atoms with Crippen molar-refractivity contribution in [2.24, 2.45) is 0 Å². The van der Waals surface area contributed by atoms with Gasteiger partial charge in [-0.3, -0.25) is 25.1 Å². The Hall–Kier alpha value is -4.24. The van der Waals surface area contributed by atoms with E-state index >= 15 is 0 Å². The molecule has 0 aliphatic rings. The van der Waals surface area contributed by atoms with Gasteiger partial charge in [0.05, 0.1) is 22.9 Å². The van der Waals surface area contributed by atoms with Gasteiger partial charge in [0.25, 0.3) is 17.2 Å². The van der Waals surface area contributed by atoms with E-state index in [1.165, 1.54) is 19.2 Å². The Bertz CT molecular complexity index is 1430. The molecule has 0 atom stereocenters. The Morgan fingerprint density at radius 3 is 2.66 bits per heavy atom. The zero-order valence-electron chi connectivity index (χ0n) is 16.6. The standard InChI is InChI=1S/C22H15ClN4O5/c1-32-15-6-4-5-13(11-15)20-24-18-8-3-2-7-16(18)22(29)26(20)25-21(28)14-9-10-17(23)19(12-14)27(30)31/h2-12H,1H3,(H,25,28). The number of hydrogen-bond donors (Lipinski definition) is 1. The third-order valence-electron chi connectivity index (χ3n) is 4.72. The number of nitrogens with zero attached hydrogens (tertiary/aromatic N) is 3. The van der Waals surface area contributed by atoms with Crippen LogP contribution in [0.25, 0.3) is 22.3 Å². The van der Waals surface area contributed by atoms with Crippen molar-refractivity contribution in [1.82, 2.24) is 9.66 Å². The summed E-state index contributed by atoms with van der Waals surface area (Å²) in [7, 11) is 1.51. The molecule has 0 fully saturated rings. The summed E-state index contributed by atoms with van der Waals surface area (Å²) in [5, 5.41) is 11.4. The van der Waals surface area contributed by atoms with Crippen LogP contribution in [-0.4, -0.2) is 27.6 Å². The summed E-state index contributed by atoms with van der Waals surface area (Å²) in [5.74, 6) is -0.0337. The van der Waals surface area contributed by atoms with Crippen molar-refractivity contribution < 1.29 is 14.5 Å². The number of hydrogen-bond acceptors (Lipinski definition) is 6. The molecule has 160 valence electrons. The van der Waals surface area contributed by atoms with Gasteiger partial charge in [0.2, 0.25) is 0 Å². The fourth-order valence-corrected chi connectivity index (χ4v) is 3.34. The minimum atomic E-state index is -0.743. The molecule has 4 rings (SSSR count). The van der Waals surface area contributed by atoms with E-state index in [0.29, 0.717) is 22.2 Å². The molecule has 3 aromatic carbocycles. The van der Waals surface area contributed by atoms with Gasteiger partial charge in [-0.2, -0.15) is 4.68 Å². The molecule has 0 bridgehead atoms. The molecular weight excluding hydrogens is 436 g/mol. The third-order valence-corrected chi connectivity index (χ3v) is 5.04. The fourth-order valence-electron chi connectivity index (χ4n) is 3.15. The van der Waals surface area contributed by atoms with Gasteiger partial charge in [-0.1, -0.05) is 35.9 Å². The van der Waals surface area contributed by atoms with E-state index in [9.17, 15) is 19.7 Å². The van der Waals surface area contributed by atoms with Gasteiger partial charge in [0.15, 0.2) is 5.82 Å². The third kappa shape index (κ3) is 3.88. The summed E-state index contributed by atoms with van der Waals surface area (Å²) in [6.07, 6.45) is 0. The van der Waals surface area contributed by atoms with Crippen LogP contribution >= 0.6 is 11.6 Å². The molecule has 1 N–H and O–H groups in total. The molecule has 1 aromatic heterocycles. The highest BCUT2D eigenvalue weighted by Gasteiger charge is 2.19. The van der Waals surface area contributed by atoms with Crippen LogP contribution in [-0.2, 0) is 0 Å². The Morgan fingerprint density at radius 2 is 1.91 bits per heavy atom. The molecule has 1 heterocycles. The normalized spacial score (nSPS) is 10.7. The van der Waals surface area contributed by atoms with Crippen LogP contribution in [0.3, 0.4) is 0 Å². The smallest absolute Gasteiger partial charge is 0.288 e. The molecule has 0 unspecified atom stereocenters. The Morgan fingerprint density at radius 1 is 1.12 bits per heavy atom. The number of aromatic nitrogens is 2. The molecule has 10 heteroatoms. The number of nitrogens with one attached hydrogen (secondary N) is 1. The highest BCUT2D eigenvalue weighted by atomic mass is 35.5. The van der Waals surface area contributed by atoms with Crippen molar-refractivity contribution in [3.63, 3.8) is 0 Å². The second-order valence-electron chi connectivity index (χ2n) is 6.69. The fraction of sp³-hybridized carbons (Fsp3) is 0.0455. The van der Waals surface area contributed by atoms with Crippen molar-refractivity contribution >= 4 is 34.1 Å². The molecule has 0 saturated carbocycles. The van der Waals surface area contributed by atoms with Crippen LogP contribution in [0.4, 0.5) is 5.69 Å². The van der Waals surface area contributed by atoms with Crippen molar-refractivity contribution in [3.8, 4) is 17.1 Å². The number of methoxy groups -OCH3 is 1. The van der Waals surface area contributed by atoms with Crippen LogP contribution in [0.2, 0.25) is 5.02 Å². The second-order valence-corrected chi connectivity index (χ2v) is 7.10. The average Bonchev–Trinajstić information content (AvgIpc) is 2.80. The molecule has 4 aromatic rings. The number of rotatable bonds is 5. The first kappa shape index (κ1) is 21.0. The highest BCUT2D eigenvalue weighted by molar-refractivity contribution is 6.32. The number of halogens is 1. The monoisotopic (exact) mass is 450 g/mol. The number of amides is 1. The van der Waals surface area contributed by atoms with Gasteiger partial charge in [-0.15, -0.1) is 0 Å². The SMILES string of the molecule is COc1cccc(-c2nc3ccccc3c(=O)n2NC(=O)c2ccc(Cl)c([N+](=O)[O-])c2)c1. The second kappa shape index (κ2) is 8.48. The minimum Gasteiger partial charge on any atom is -0.497 e. The van der Waals surface area contributed by atoms with E-state index < -0.39 is 22.1 Å². The van der Waals surface area contributed by atoms with Crippen LogP contribution in [0, 0.1) is 10.1 Å². The lowest BCUT2D eigenvalue weighted by molar-refractivity contribution is -0.384. The van der Waals surface area contributed by atoms with E-state index in [1.807, 2.05) is 0 Å². The lowest BCUT2D eigenvalue weighted by atomic mass is 10.1. The van der Waals surface area contributed by atoms with Gasteiger partial charge in [-0.05, 0) is 36.4 Å². The molecular formula is C22H15ClN4O5. The van der Waals surface area contributed by atoms with Crippen molar-refractivity contribution in [2.45, 2.75) is 0 Å². The summed E-state index contributed by atoms with van der Waals surface area (Å²) in [6.45, 7) is 0. The van der Waals surface area contributed by atoms with Crippen LogP contribution in [0.15, 0.2) is 71.5 Å². The topological polar surface area (TPSA) is 116 Å². The lowest BCUT2D eigenvalue weighted by Crippen LogP contribution is -2.35. The van der Waals surface area contributed by atoms with Gasteiger partial charge in [-0.25, -0.2) is 4.98 Å². The first-order valence-corrected chi connectivity index (χ1v) is 9.68. The van der Waals surface area contributed by atoms with E-state index in [0.717, 1.165) is 10.7 Å². The Kier molecular flexibility index (Phi) is 5.57. The number of benzene rings is 3. The molecule has 32 heavy (non-hydrogen) atoms. The van der Waals surface area contributed by atoms with Crippen LogP contribution in [0.1, 0.15) is 10.4 Å². The van der Waals surface area contributed by atoms with Crippen LogP contribution < -0.4 is 15.7 Å². The number of nitro groups is 1. The molecule has 0 spiro atoms. The number of para-hydroxylation sites is 1. The first-order chi connectivity index (χ1) is 15.4. The van der Waals surface area contributed by atoms with E-state index in [1.54, 1.807) is 48.5 Å². The summed E-state index contributed by atoms with van der Waals surface area (Å²) in [4.78, 5) is 41.2. The predicted octanol–water partition coefficient (Wildman–Crippen LogP) is 4.02.